The van der Waals surface area contributed by atoms with E-state index in [0.717, 1.165) is 22.3 Å². The number of hydrogen-bond acceptors (Lipinski definition) is 4. The van der Waals surface area contributed by atoms with Crippen molar-refractivity contribution >= 4 is 22.4 Å². The number of halogens is 1. The van der Waals surface area contributed by atoms with Gasteiger partial charge in [-0.25, -0.2) is 14.4 Å². The molecule has 0 saturated carbocycles. The van der Waals surface area contributed by atoms with E-state index in [0.29, 0.717) is 12.2 Å². The number of rotatable bonds is 3. The first-order valence-electron chi connectivity index (χ1n) is 6.59. The molecule has 0 unspecified atom stereocenters. The molecule has 4 nitrogen and oxygen atoms in total. The van der Waals surface area contributed by atoms with E-state index in [9.17, 15) is 4.39 Å². The molecule has 3 aromatic rings. The lowest BCUT2D eigenvalue weighted by Crippen LogP contribution is -2.18. The van der Waals surface area contributed by atoms with Crippen LogP contribution in [0.15, 0.2) is 48.8 Å². The van der Waals surface area contributed by atoms with Crippen molar-refractivity contribution in [1.82, 2.24) is 9.97 Å². The fraction of sp³-hybridized carbons (Fsp3) is 0.125. The Labute approximate surface area is 122 Å². The Balaban J connectivity index is 1.94. The van der Waals surface area contributed by atoms with E-state index in [2.05, 4.69) is 9.97 Å². The summed E-state index contributed by atoms with van der Waals surface area (Å²) in [6, 6.07) is 12.0. The van der Waals surface area contributed by atoms with Gasteiger partial charge in [-0.1, -0.05) is 12.1 Å². The average molecular weight is 282 g/mol. The zero-order chi connectivity index (χ0) is 14.8. The summed E-state index contributed by atoms with van der Waals surface area (Å²) in [5.74, 6) is 0.591. The molecule has 1 heterocycles. The second-order valence-corrected chi connectivity index (χ2v) is 4.96. The molecule has 0 aliphatic carbocycles. The van der Waals surface area contributed by atoms with Gasteiger partial charge in [0.05, 0.1) is 5.52 Å². The monoisotopic (exact) mass is 282 g/mol. The van der Waals surface area contributed by atoms with Gasteiger partial charge in [0.25, 0.3) is 0 Å². The molecular weight excluding hydrogens is 267 g/mol. The van der Waals surface area contributed by atoms with Gasteiger partial charge < -0.3 is 10.6 Å². The van der Waals surface area contributed by atoms with Gasteiger partial charge in [-0.3, -0.25) is 0 Å². The van der Waals surface area contributed by atoms with Crippen LogP contribution in [0.5, 0.6) is 0 Å². The summed E-state index contributed by atoms with van der Waals surface area (Å²) in [4.78, 5) is 10.6. The van der Waals surface area contributed by atoms with Crippen LogP contribution < -0.4 is 10.6 Å². The van der Waals surface area contributed by atoms with Crippen molar-refractivity contribution in [3.63, 3.8) is 0 Å². The summed E-state index contributed by atoms with van der Waals surface area (Å²) in [6.07, 6.45) is 1.53. The number of aromatic nitrogens is 2. The quantitative estimate of drug-likeness (QED) is 0.750. The van der Waals surface area contributed by atoms with Crippen LogP contribution in [0.25, 0.3) is 10.9 Å². The number of fused-ring (bicyclic) bond motifs is 1. The third kappa shape index (κ3) is 2.76. The van der Waals surface area contributed by atoms with Gasteiger partial charge in [-0.05, 0) is 35.9 Å². The number of hydrogen-bond donors (Lipinski definition) is 1. The maximum atomic E-state index is 12.9. The Bertz CT molecular complexity index is 771. The lowest BCUT2D eigenvalue weighted by molar-refractivity contribution is 0.627. The SMILES string of the molecule is CN(Cc1ccc(F)cc1)c1ncnc2cc(N)ccc12. The summed E-state index contributed by atoms with van der Waals surface area (Å²) < 4.78 is 12.9. The molecule has 0 saturated heterocycles. The molecule has 3 rings (SSSR count). The third-order valence-electron chi connectivity index (χ3n) is 3.33. The molecule has 0 spiro atoms. The van der Waals surface area contributed by atoms with Crippen LogP contribution in [0, 0.1) is 5.82 Å². The Morgan fingerprint density at radius 1 is 1.10 bits per heavy atom. The predicted molar refractivity (Wildman–Crippen MR) is 82.5 cm³/mol. The van der Waals surface area contributed by atoms with Gasteiger partial charge in [0.15, 0.2) is 0 Å². The lowest BCUT2D eigenvalue weighted by atomic mass is 10.2. The van der Waals surface area contributed by atoms with Crippen LogP contribution in [0.4, 0.5) is 15.9 Å². The van der Waals surface area contributed by atoms with Gasteiger partial charge in [-0.15, -0.1) is 0 Å². The first-order valence-corrected chi connectivity index (χ1v) is 6.59. The number of anilines is 2. The first kappa shape index (κ1) is 13.3. The van der Waals surface area contributed by atoms with Gasteiger partial charge in [0.1, 0.15) is 18.0 Å². The number of nitrogen functional groups attached to an aromatic ring is 1. The number of benzene rings is 2. The molecule has 0 aliphatic heterocycles. The van der Waals surface area contributed by atoms with Crippen LogP contribution in [0.1, 0.15) is 5.56 Å². The molecule has 21 heavy (non-hydrogen) atoms. The van der Waals surface area contributed by atoms with Crippen LogP contribution in [0.2, 0.25) is 0 Å². The third-order valence-corrected chi connectivity index (χ3v) is 3.33. The standard InChI is InChI=1S/C16H15FN4/c1-21(9-11-2-4-12(17)5-3-11)16-14-7-6-13(18)8-15(14)19-10-20-16/h2-8,10H,9,18H2,1H3. The molecule has 0 atom stereocenters. The Morgan fingerprint density at radius 3 is 2.62 bits per heavy atom. The Kier molecular flexibility index (Phi) is 3.39. The zero-order valence-corrected chi connectivity index (χ0v) is 11.6. The predicted octanol–water partition coefficient (Wildman–Crippen LogP) is 2.99. The molecule has 2 N–H and O–H groups in total. The lowest BCUT2D eigenvalue weighted by Gasteiger charge is -2.19. The Morgan fingerprint density at radius 2 is 1.86 bits per heavy atom. The molecule has 5 heteroatoms. The molecule has 0 radical (unpaired) electrons. The zero-order valence-electron chi connectivity index (χ0n) is 11.6. The van der Waals surface area contributed by atoms with Gasteiger partial charge in [0.2, 0.25) is 0 Å². The summed E-state index contributed by atoms with van der Waals surface area (Å²) in [6.45, 7) is 0.636. The van der Waals surface area contributed by atoms with Crippen molar-refractivity contribution in [1.29, 1.82) is 0 Å². The minimum atomic E-state index is -0.232. The van der Waals surface area contributed by atoms with Crippen LogP contribution in [-0.2, 0) is 6.54 Å². The summed E-state index contributed by atoms with van der Waals surface area (Å²) >= 11 is 0. The highest BCUT2D eigenvalue weighted by atomic mass is 19.1. The molecule has 2 aromatic carbocycles. The van der Waals surface area contributed by atoms with E-state index in [1.165, 1.54) is 18.5 Å². The summed E-state index contributed by atoms with van der Waals surface area (Å²) in [7, 11) is 1.95. The maximum Gasteiger partial charge on any atom is 0.139 e. The Hall–Kier alpha value is -2.69. The van der Waals surface area contributed by atoms with Crippen molar-refractivity contribution in [2.24, 2.45) is 0 Å². The largest absolute Gasteiger partial charge is 0.399 e. The fourth-order valence-electron chi connectivity index (χ4n) is 2.30. The minimum absolute atomic E-state index is 0.232. The molecule has 1 aromatic heterocycles. The van der Waals surface area contributed by atoms with Crippen molar-refractivity contribution < 1.29 is 4.39 Å². The van der Waals surface area contributed by atoms with Gasteiger partial charge in [-0.2, -0.15) is 0 Å². The molecule has 0 amide bonds. The summed E-state index contributed by atoms with van der Waals surface area (Å²) in [5, 5.41) is 0.941. The maximum absolute atomic E-state index is 12.9. The second-order valence-electron chi connectivity index (χ2n) is 4.96. The first-order chi connectivity index (χ1) is 10.1. The van der Waals surface area contributed by atoms with E-state index in [1.54, 1.807) is 12.1 Å². The van der Waals surface area contributed by atoms with Crippen LogP contribution >= 0.6 is 0 Å². The van der Waals surface area contributed by atoms with Gasteiger partial charge >= 0.3 is 0 Å². The highest BCUT2D eigenvalue weighted by Crippen LogP contribution is 2.24. The molecule has 0 fully saturated rings. The smallest absolute Gasteiger partial charge is 0.139 e. The fourth-order valence-corrected chi connectivity index (χ4v) is 2.30. The number of nitrogens with zero attached hydrogens (tertiary/aromatic N) is 3. The van der Waals surface area contributed by atoms with Crippen molar-refractivity contribution in [3.05, 3.63) is 60.2 Å². The average Bonchev–Trinajstić information content (AvgIpc) is 2.48. The van der Waals surface area contributed by atoms with Crippen molar-refractivity contribution in [2.75, 3.05) is 17.7 Å². The molecule has 106 valence electrons. The van der Waals surface area contributed by atoms with Crippen molar-refractivity contribution in [2.45, 2.75) is 6.54 Å². The van der Waals surface area contributed by atoms with E-state index in [4.69, 9.17) is 5.73 Å². The minimum Gasteiger partial charge on any atom is -0.399 e. The normalized spacial score (nSPS) is 10.8. The highest BCUT2D eigenvalue weighted by molar-refractivity contribution is 5.91. The summed E-state index contributed by atoms with van der Waals surface area (Å²) in [5.41, 5.74) is 8.28. The molecule has 0 aliphatic rings. The number of nitrogens with two attached hydrogens (primary N) is 1. The van der Waals surface area contributed by atoms with E-state index in [1.807, 2.05) is 30.1 Å². The highest BCUT2D eigenvalue weighted by Gasteiger charge is 2.09. The van der Waals surface area contributed by atoms with Crippen LogP contribution in [0.3, 0.4) is 0 Å². The second kappa shape index (κ2) is 5.36. The van der Waals surface area contributed by atoms with E-state index in [-0.39, 0.29) is 5.82 Å². The van der Waals surface area contributed by atoms with E-state index < -0.39 is 0 Å². The van der Waals surface area contributed by atoms with Gasteiger partial charge in [0, 0.05) is 24.7 Å². The van der Waals surface area contributed by atoms with Crippen LogP contribution in [-0.4, -0.2) is 17.0 Å². The van der Waals surface area contributed by atoms with Crippen molar-refractivity contribution in [3.8, 4) is 0 Å². The molecular formula is C16H15FN4. The topological polar surface area (TPSA) is 55.0 Å². The van der Waals surface area contributed by atoms with E-state index >= 15 is 0 Å². The molecule has 0 bridgehead atoms.